The lowest BCUT2D eigenvalue weighted by atomic mass is 10.1. The molecule has 5 heteroatoms. The van der Waals surface area contributed by atoms with Crippen molar-refractivity contribution in [3.05, 3.63) is 41.6 Å². The van der Waals surface area contributed by atoms with E-state index in [9.17, 15) is 0 Å². The van der Waals surface area contributed by atoms with Crippen molar-refractivity contribution in [3.63, 3.8) is 0 Å². The van der Waals surface area contributed by atoms with Crippen LogP contribution < -0.4 is 4.90 Å². The van der Waals surface area contributed by atoms with E-state index < -0.39 is 0 Å². The van der Waals surface area contributed by atoms with E-state index in [-0.39, 0.29) is 0 Å². The van der Waals surface area contributed by atoms with Crippen molar-refractivity contribution in [2.24, 2.45) is 0 Å². The molecule has 0 radical (unpaired) electrons. The van der Waals surface area contributed by atoms with Crippen molar-refractivity contribution >= 4 is 5.69 Å². The van der Waals surface area contributed by atoms with Gasteiger partial charge in [0.05, 0.1) is 5.92 Å². The van der Waals surface area contributed by atoms with Crippen LogP contribution in [-0.4, -0.2) is 42.3 Å². The fourth-order valence-corrected chi connectivity index (χ4v) is 3.08. The molecule has 3 rings (SSSR count). The third-order valence-electron chi connectivity index (χ3n) is 4.43. The van der Waals surface area contributed by atoms with Gasteiger partial charge < -0.3 is 9.32 Å². The summed E-state index contributed by atoms with van der Waals surface area (Å²) in [7, 11) is 4.13. The molecular formula is C18H26N4O. The van der Waals surface area contributed by atoms with Crippen molar-refractivity contribution in [2.75, 3.05) is 32.1 Å². The van der Waals surface area contributed by atoms with Gasteiger partial charge in [0, 0.05) is 39.3 Å². The minimum Gasteiger partial charge on any atom is -0.425 e. The summed E-state index contributed by atoms with van der Waals surface area (Å²) in [6.45, 7) is 5.21. The van der Waals surface area contributed by atoms with Gasteiger partial charge in [-0.2, -0.15) is 0 Å². The van der Waals surface area contributed by atoms with Crippen LogP contribution in [0.3, 0.4) is 0 Å². The van der Waals surface area contributed by atoms with Crippen LogP contribution in [0, 0.1) is 0 Å². The molecule has 124 valence electrons. The van der Waals surface area contributed by atoms with E-state index in [0.717, 1.165) is 50.7 Å². The SMILES string of the molecule is CCCc1nnc(C2CCN(Cc3ccc(N(C)C)cc3)C2)o1. The lowest BCUT2D eigenvalue weighted by Gasteiger charge is -2.17. The zero-order chi connectivity index (χ0) is 16.2. The van der Waals surface area contributed by atoms with Gasteiger partial charge in [0.15, 0.2) is 0 Å². The highest BCUT2D eigenvalue weighted by atomic mass is 16.4. The topological polar surface area (TPSA) is 45.4 Å². The summed E-state index contributed by atoms with van der Waals surface area (Å²) in [5.74, 6) is 1.98. The normalized spacial score (nSPS) is 18.5. The summed E-state index contributed by atoms with van der Waals surface area (Å²) < 4.78 is 5.79. The minimum absolute atomic E-state index is 0.383. The Balaban J connectivity index is 1.56. The van der Waals surface area contributed by atoms with Gasteiger partial charge in [-0.3, -0.25) is 4.90 Å². The fraction of sp³-hybridized carbons (Fsp3) is 0.556. The van der Waals surface area contributed by atoms with Crippen molar-refractivity contribution in [3.8, 4) is 0 Å². The lowest BCUT2D eigenvalue weighted by molar-refractivity contribution is 0.318. The molecule has 2 aromatic rings. The van der Waals surface area contributed by atoms with Crippen LogP contribution in [0.5, 0.6) is 0 Å². The number of benzene rings is 1. The maximum Gasteiger partial charge on any atom is 0.220 e. The second-order valence-electron chi connectivity index (χ2n) is 6.57. The molecule has 1 saturated heterocycles. The van der Waals surface area contributed by atoms with E-state index in [1.54, 1.807) is 0 Å². The average molecular weight is 314 g/mol. The van der Waals surface area contributed by atoms with Gasteiger partial charge in [0.25, 0.3) is 0 Å². The number of hydrogen-bond acceptors (Lipinski definition) is 5. The van der Waals surface area contributed by atoms with Crippen LogP contribution in [0.4, 0.5) is 5.69 Å². The van der Waals surface area contributed by atoms with Gasteiger partial charge in [0.2, 0.25) is 11.8 Å². The van der Waals surface area contributed by atoms with E-state index in [4.69, 9.17) is 4.42 Å². The van der Waals surface area contributed by atoms with Gasteiger partial charge in [-0.1, -0.05) is 19.1 Å². The predicted molar refractivity (Wildman–Crippen MR) is 91.7 cm³/mol. The first-order valence-electron chi connectivity index (χ1n) is 8.46. The molecule has 1 unspecified atom stereocenters. The number of aryl methyl sites for hydroxylation is 1. The third-order valence-corrected chi connectivity index (χ3v) is 4.43. The molecule has 1 atom stereocenters. The smallest absolute Gasteiger partial charge is 0.220 e. The molecule has 0 amide bonds. The number of aromatic nitrogens is 2. The molecule has 1 aromatic heterocycles. The van der Waals surface area contributed by atoms with Crippen LogP contribution in [0.15, 0.2) is 28.7 Å². The number of anilines is 1. The molecule has 1 aliphatic heterocycles. The Bertz CT molecular complexity index is 620. The summed E-state index contributed by atoms with van der Waals surface area (Å²) in [4.78, 5) is 4.60. The van der Waals surface area contributed by atoms with Gasteiger partial charge in [0.1, 0.15) is 0 Å². The summed E-state index contributed by atoms with van der Waals surface area (Å²) in [5.41, 5.74) is 2.59. The van der Waals surface area contributed by atoms with Crippen molar-refractivity contribution < 1.29 is 4.42 Å². The van der Waals surface area contributed by atoms with Gasteiger partial charge in [-0.15, -0.1) is 10.2 Å². The van der Waals surface area contributed by atoms with Crippen LogP contribution in [0.1, 0.15) is 43.0 Å². The van der Waals surface area contributed by atoms with E-state index in [2.05, 4.69) is 65.3 Å². The second kappa shape index (κ2) is 7.13. The number of nitrogens with zero attached hydrogens (tertiary/aromatic N) is 4. The van der Waals surface area contributed by atoms with Gasteiger partial charge in [-0.05, 0) is 37.1 Å². The molecular weight excluding hydrogens is 288 g/mol. The first-order chi connectivity index (χ1) is 11.2. The zero-order valence-corrected chi connectivity index (χ0v) is 14.3. The Kier molecular flexibility index (Phi) is 4.96. The maximum atomic E-state index is 5.79. The molecule has 5 nitrogen and oxygen atoms in total. The Morgan fingerprint density at radius 2 is 2.00 bits per heavy atom. The highest BCUT2D eigenvalue weighted by Crippen LogP contribution is 2.27. The molecule has 2 heterocycles. The molecule has 0 spiro atoms. The standard InChI is InChI=1S/C18H26N4O/c1-4-5-17-19-20-18(23-17)15-10-11-22(13-15)12-14-6-8-16(9-7-14)21(2)3/h6-9,15H,4-5,10-13H2,1-3H3. The van der Waals surface area contributed by atoms with E-state index >= 15 is 0 Å². The highest BCUT2D eigenvalue weighted by Gasteiger charge is 2.28. The molecule has 0 N–H and O–H groups in total. The molecule has 1 fully saturated rings. The molecule has 0 bridgehead atoms. The molecule has 1 aromatic carbocycles. The molecule has 0 aliphatic carbocycles. The lowest BCUT2D eigenvalue weighted by Crippen LogP contribution is -2.20. The zero-order valence-electron chi connectivity index (χ0n) is 14.3. The van der Waals surface area contributed by atoms with E-state index in [1.807, 2.05) is 0 Å². The Morgan fingerprint density at radius 1 is 1.22 bits per heavy atom. The fourth-order valence-electron chi connectivity index (χ4n) is 3.08. The molecule has 1 aliphatic rings. The summed E-state index contributed by atoms with van der Waals surface area (Å²) in [6, 6.07) is 8.79. The Morgan fingerprint density at radius 3 is 2.70 bits per heavy atom. The monoisotopic (exact) mass is 314 g/mol. The summed E-state index contributed by atoms with van der Waals surface area (Å²) in [6.07, 6.45) is 3.02. The first-order valence-corrected chi connectivity index (χ1v) is 8.46. The second-order valence-corrected chi connectivity index (χ2v) is 6.57. The quantitative estimate of drug-likeness (QED) is 0.820. The largest absolute Gasteiger partial charge is 0.425 e. The predicted octanol–water partition coefficient (Wildman–Crippen LogP) is 3.08. The van der Waals surface area contributed by atoms with E-state index in [0.29, 0.717) is 5.92 Å². The van der Waals surface area contributed by atoms with Crippen LogP contribution >= 0.6 is 0 Å². The summed E-state index contributed by atoms with van der Waals surface area (Å²) in [5, 5.41) is 8.39. The van der Waals surface area contributed by atoms with Gasteiger partial charge >= 0.3 is 0 Å². The average Bonchev–Trinajstić information content (AvgIpc) is 3.17. The highest BCUT2D eigenvalue weighted by molar-refractivity contribution is 5.45. The van der Waals surface area contributed by atoms with Crippen LogP contribution in [0.2, 0.25) is 0 Å². The third kappa shape index (κ3) is 3.91. The minimum atomic E-state index is 0.383. The molecule has 0 saturated carbocycles. The van der Waals surface area contributed by atoms with E-state index in [1.165, 1.54) is 11.3 Å². The number of likely N-dealkylation sites (tertiary alicyclic amines) is 1. The summed E-state index contributed by atoms with van der Waals surface area (Å²) >= 11 is 0. The number of rotatable bonds is 6. The maximum absolute atomic E-state index is 5.79. The van der Waals surface area contributed by atoms with Crippen LogP contribution in [-0.2, 0) is 13.0 Å². The van der Waals surface area contributed by atoms with Gasteiger partial charge in [-0.25, -0.2) is 0 Å². The van der Waals surface area contributed by atoms with Crippen LogP contribution in [0.25, 0.3) is 0 Å². The van der Waals surface area contributed by atoms with Crippen molar-refractivity contribution in [2.45, 2.75) is 38.6 Å². The van der Waals surface area contributed by atoms with Crippen molar-refractivity contribution in [1.29, 1.82) is 0 Å². The Hall–Kier alpha value is -1.88. The number of hydrogen-bond donors (Lipinski definition) is 0. The Labute approximate surface area is 138 Å². The first kappa shape index (κ1) is 16.0. The van der Waals surface area contributed by atoms with Crippen molar-refractivity contribution in [1.82, 2.24) is 15.1 Å². The molecule has 23 heavy (non-hydrogen) atoms.